The molecule has 0 radical (unpaired) electrons. The van der Waals surface area contributed by atoms with Crippen LogP contribution in [-0.4, -0.2) is 50.8 Å². The van der Waals surface area contributed by atoms with Gasteiger partial charge in [0.2, 0.25) is 5.95 Å². The average molecular weight is 465 g/mol. The second-order valence-corrected chi connectivity index (χ2v) is 10.9. The molecule has 0 saturated carbocycles. The SMILES string of the molecule is CCc1cnc(N2CCC(N(C)c3ccc(-c4ccc(S(C)(=O)=O)cc4)cc3C)CC2)nc1. The van der Waals surface area contributed by atoms with Crippen LogP contribution in [0.5, 0.6) is 0 Å². The number of anilines is 2. The smallest absolute Gasteiger partial charge is 0.225 e. The van der Waals surface area contributed by atoms with Crippen LogP contribution in [0.25, 0.3) is 11.1 Å². The summed E-state index contributed by atoms with van der Waals surface area (Å²) in [5, 5.41) is 0. The third-order valence-corrected chi connectivity index (χ3v) is 7.72. The fourth-order valence-electron chi connectivity index (χ4n) is 4.47. The zero-order chi connectivity index (χ0) is 23.6. The highest BCUT2D eigenvalue weighted by molar-refractivity contribution is 7.90. The number of rotatable bonds is 6. The molecular weight excluding hydrogens is 432 g/mol. The summed E-state index contributed by atoms with van der Waals surface area (Å²) < 4.78 is 23.4. The minimum atomic E-state index is -3.18. The molecule has 0 bridgehead atoms. The van der Waals surface area contributed by atoms with Gasteiger partial charge in [0, 0.05) is 50.5 Å². The van der Waals surface area contributed by atoms with Crippen LogP contribution in [0, 0.1) is 6.92 Å². The summed E-state index contributed by atoms with van der Waals surface area (Å²) >= 11 is 0. The predicted molar refractivity (Wildman–Crippen MR) is 135 cm³/mol. The van der Waals surface area contributed by atoms with E-state index in [1.165, 1.54) is 23.1 Å². The average Bonchev–Trinajstić information content (AvgIpc) is 2.83. The Labute approximate surface area is 197 Å². The van der Waals surface area contributed by atoms with E-state index in [2.05, 4.69) is 58.9 Å². The van der Waals surface area contributed by atoms with Gasteiger partial charge in [0.05, 0.1) is 4.90 Å². The van der Waals surface area contributed by atoms with Gasteiger partial charge < -0.3 is 9.80 Å². The maximum atomic E-state index is 11.7. The Balaban J connectivity index is 1.43. The summed E-state index contributed by atoms with van der Waals surface area (Å²) in [5.74, 6) is 0.829. The Morgan fingerprint density at radius 1 is 1.00 bits per heavy atom. The number of aryl methyl sites for hydroxylation is 2. The van der Waals surface area contributed by atoms with Gasteiger partial charge in [0.25, 0.3) is 0 Å². The van der Waals surface area contributed by atoms with Crippen molar-refractivity contribution in [3.8, 4) is 11.1 Å². The molecule has 6 nitrogen and oxygen atoms in total. The minimum absolute atomic E-state index is 0.345. The zero-order valence-electron chi connectivity index (χ0n) is 19.8. The highest BCUT2D eigenvalue weighted by Gasteiger charge is 2.25. The first-order chi connectivity index (χ1) is 15.8. The van der Waals surface area contributed by atoms with Crippen LogP contribution in [0.1, 0.15) is 30.9 Å². The number of hydrogen-bond donors (Lipinski definition) is 0. The van der Waals surface area contributed by atoms with E-state index in [1.54, 1.807) is 12.1 Å². The maximum absolute atomic E-state index is 11.7. The summed E-state index contributed by atoms with van der Waals surface area (Å²) in [6.45, 7) is 6.15. The Morgan fingerprint density at radius 3 is 2.15 bits per heavy atom. The molecule has 0 amide bonds. The van der Waals surface area contributed by atoms with Crippen LogP contribution >= 0.6 is 0 Å². The van der Waals surface area contributed by atoms with Gasteiger partial charge in [0.15, 0.2) is 9.84 Å². The third-order valence-electron chi connectivity index (χ3n) is 6.59. The molecule has 3 aromatic rings. The first-order valence-electron chi connectivity index (χ1n) is 11.5. The Morgan fingerprint density at radius 2 is 1.61 bits per heavy atom. The third kappa shape index (κ3) is 5.19. The van der Waals surface area contributed by atoms with Gasteiger partial charge in [-0.3, -0.25) is 0 Å². The van der Waals surface area contributed by atoms with Crippen molar-refractivity contribution >= 4 is 21.5 Å². The van der Waals surface area contributed by atoms with Gasteiger partial charge in [-0.1, -0.05) is 25.1 Å². The lowest BCUT2D eigenvalue weighted by Gasteiger charge is -2.38. The molecule has 0 aliphatic carbocycles. The Bertz CT molecular complexity index is 1200. The number of piperidine rings is 1. The van der Waals surface area contributed by atoms with Gasteiger partial charge in [-0.05, 0) is 72.7 Å². The molecule has 1 aliphatic heterocycles. The van der Waals surface area contributed by atoms with Gasteiger partial charge in [-0.25, -0.2) is 18.4 Å². The summed E-state index contributed by atoms with van der Waals surface area (Å²) in [7, 11) is -1.01. The number of aromatic nitrogens is 2. The number of sulfone groups is 1. The fourth-order valence-corrected chi connectivity index (χ4v) is 5.10. The van der Waals surface area contributed by atoms with Crippen molar-refractivity contribution in [3.63, 3.8) is 0 Å². The fraction of sp³-hybridized carbons (Fsp3) is 0.385. The van der Waals surface area contributed by atoms with Crippen molar-refractivity contribution in [2.75, 3.05) is 36.2 Å². The Kier molecular flexibility index (Phi) is 6.70. The molecule has 0 N–H and O–H groups in total. The van der Waals surface area contributed by atoms with Crippen molar-refractivity contribution in [1.82, 2.24) is 9.97 Å². The second kappa shape index (κ2) is 9.51. The predicted octanol–water partition coefficient (Wildman–Crippen LogP) is 4.52. The van der Waals surface area contributed by atoms with Crippen LogP contribution in [0.15, 0.2) is 59.8 Å². The number of benzene rings is 2. The number of nitrogens with zero attached hydrogens (tertiary/aromatic N) is 4. The minimum Gasteiger partial charge on any atom is -0.371 e. The molecule has 1 saturated heterocycles. The monoisotopic (exact) mass is 464 g/mol. The molecule has 1 aliphatic rings. The van der Waals surface area contributed by atoms with E-state index in [-0.39, 0.29) is 0 Å². The van der Waals surface area contributed by atoms with E-state index >= 15 is 0 Å². The van der Waals surface area contributed by atoms with E-state index in [4.69, 9.17) is 0 Å². The molecule has 174 valence electrons. The van der Waals surface area contributed by atoms with Crippen LogP contribution in [0.4, 0.5) is 11.6 Å². The van der Waals surface area contributed by atoms with Crippen molar-refractivity contribution in [1.29, 1.82) is 0 Å². The summed E-state index contributed by atoms with van der Waals surface area (Å²) in [4.78, 5) is 14.1. The molecule has 2 heterocycles. The summed E-state index contributed by atoms with van der Waals surface area (Å²) in [6, 6.07) is 14.0. The van der Waals surface area contributed by atoms with E-state index < -0.39 is 9.84 Å². The summed E-state index contributed by atoms with van der Waals surface area (Å²) in [6.07, 6.45) is 8.17. The highest BCUT2D eigenvalue weighted by Crippen LogP contribution is 2.30. The molecule has 1 fully saturated rings. The van der Waals surface area contributed by atoms with Crippen molar-refractivity contribution in [2.24, 2.45) is 0 Å². The Hall–Kier alpha value is -2.93. The van der Waals surface area contributed by atoms with E-state index in [0.717, 1.165) is 49.4 Å². The largest absolute Gasteiger partial charge is 0.371 e. The van der Waals surface area contributed by atoms with Crippen LogP contribution in [0.2, 0.25) is 0 Å². The molecule has 0 spiro atoms. The van der Waals surface area contributed by atoms with Crippen LogP contribution in [0.3, 0.4) is 0 Å². The maximum Gasteiger partial charge on any atom is 0.225 e. The molecule has 7 heteroatoms. The van der Waals surface area contributed by atoms with Crippen molar-refractivity contribution in [2.45, 2.75) is 44.0 Å². The second-order valence-electron chi connectivity index (χ2n) is 8.87. The van der Waals surface area contributed by atoms with Gasteiger partial charge in [0.1, 0.15) is 0 Å². The molecule has 0 atom stereocenters. The quantitative estimate of drug-likeness (QED) is 0.534. The lowest BCUT2D eigenvalue weighted by molar-refractivity contribution is 0.477. The lowest BCUT2D eigenvalue weighted by Crippen LogP contribution is -2.44. The first-order valence-corrected chi connectivity index (χ1v) is 13.3. The van der Waals surface area contributed by atoms with Crippen molar-refractivity contribution in [3.05, 3.63) is 66.0 Å². The van der Waals surface area contributed by atoms with Gasteiger partial charge >= 0.3 is 0 Å². The molecule has 0 unspecified atom stereocenters. The van der Waals surface area contributed by atoms with Crippen molar-refractivity contribution < 1.29 is 8.42 Å². The van der Waals surface area contributed by atoms with Gasteiger partial charge in [-0.15, -0.1) is 0 Å². The topological polar surface area (TPSA) is 66.4 Å². The highest BCUT2D eigenvalue weighted by atomic mass is 32.2. The van der Waals surface area contributed by atoms with Gasteiger partial charge in [-0.2, -0.15) is 0 Å². The molecule has 1 aromatic heterocycles. The molecule has 2 aromatic carbocycles. The van der Waals surface area contributed by atoms with E-state index in [9.17, 15) is 8.42 Å². The van der Waals surface area contributed by atoms with E-state index in [1.807, 2.05) is 24.5 Å². The van der Waals surface area contributed by atoms with Crippen LogP contribution in [-0.2, 0) is 16.3 Å². The molecule has 33 heavy (non-hydrogen) atoms. The summed E-state index contributed by atoms with van der Waals surface area (Å²) in [5.41, 5.74) is 5.71. The zero-order valence-corrected chi connectivity index (χ0v) is 20.6. The lowest BCUT2D eigenvalue weighted by atomic mass is 9.99. The molecule has 4 rings (SSSR count). The van der Waals surface area contributed by atoms with Crippen LogP contribution < -0.4 is 9.80 Å². The normalized spacial score (nSPS) is 15.0. The number of hydrogen-bond acceptors (Lipinski definition) is 6. The standard InChI is InChI=1S/C26H32N4O2S/c1-5-20-17-27-26(28-18-20)30-14-12-23(13-15-30)29(3)25-11-8-22(16-19(25)2)21-6-9-24(10-7-21)33(4,31)32/h6-11,16-18,23H,5,12-15H2,1-4H3. The van der Waals surface area contributed by atoms with E-state index in [0.29, 0.717) is 10.9 Å². The first kappa shape index (κ1) is 23.2. The molecular formula is C26H32N4O2S.